The molecule has 4 aliphatic rings. The Morgan fingerprint density at radius 2 is 1.57 bits per heavy atom. The van der Waals surface area contributed by atoms with Crippen molar-refractivity contribution in [2.45, 2.75) is 25.7 Å². The number of carbonyl (C=O) groups excluding carboxylic acids is 4. The predicted molar refractivity (Wildman–Crippen MR) is 170 cm³/mol. The van der Waals surface area contributed by atoms with Crippen LogP contribution in [0.1, 0.15) is 31.2 Å². The molecule has 2 heterocycles. The minimum absolute atomic E-state index is 0.0223. The molecule has 2 aliphatic heterocycles. The van der Waals surface area contributed by atoms with Gasteiger partial charge in [-0.25, -0.2) is 9.29 Å². The van der Waals surface area contributed by atoms with Crippen LogP contribution in [0.15, 0.2) is 66.2 Å². The van der Waals surface area contributed by atoms with Crippen LogP contribution in [0.2, 0.25) is 15.1 Å². The molecule has 0 radical (unpaired) electrons. The molecular formula is C34H26Cl3FN2O6. The smallest absolute Gasteiger partial charge is 0.241 e. The number of carbonyl (C=O) groups is 4. The van der Waals surface area contributed by atoms with E-state index in [0.717, 1.165) is 16.5 Å². The highest BCUT2D eigenvalue weighted by Crippen LogP contribution is 2.64. The van der Waals surface area contributed by atoms with E-state index < -0.39 is 58.5 Å². The molecule has 0 spiro atoms. The number of hydrogen-bond donors (Lipinski definition) is 1. The lowest BCUT2D eigenvalue weighted by molar-refractivity contribution is -0.131. The number of ether oxygens (including phenoxy) is 1. The van der Waals surface area contributed by atoms with Crippen LogP contribution in [-0.2, 0) is 19.2 Å². The summed E-state index contributed by atoms with van der Waals surface area (Å²) in [4.78, 5) is 58.9. The molecule has 3 fully saturated rings. The quantitative estimate of drug-likeness (QED) is 0.236. The molecule has 3 aromatic carbocycles. The zero-order valence-electron chi connectivity index (χ0n) is 24.5. The number of fused-ring (bicyclic) bond motifs is 4. The second-order valence-electron chi connectivity index (χ2n) is 12.3. The third kappa shape index (κ3) is 4.25. The summed E-state index contributed by atoms with van der Waals surface area (Å²) in [5.74, 6) is -6.47. The number of amides is 4. The van der Waals surface area contributed by atoms with E-state index in [1.807, 2.05) is 6.08 Å². The number of nitrogens with zero attached hydrogens (tertiary/aromatic N) is 2. The first-order valence-corrected chi connectivity index (χ1v) is 15.7. The second kappa shape index (κ2) is 10.8. The number of halogens is 4. The lowest BCUT2D eigenvalue weighted by Crippen LogP contribution is -2.48. The van der Waals surface area contributed by atoms with E-state index >= 15 is 0 Å². The zero-order valence-corrected chi connectivity index (χ0v) is 26.7. The monoisotopic (exact) mass is 682 g/mol. The molecule has 4 amide bonds. The molecule has 7 rings (SSSR count). The number of phenols is 1. The van der Waals surface area contributed by atoms with E-state index in [1.165, 1.54) is 30.2 Å². The number of hydrogen-bond acceptors (Lipinski definition) is 6. The Morgan fingerprint density at radius 1 is 0.870 bits per heavy atom. The van der Waals surface area contributed by atoms with Crippen LogP contribution in [0.3, 0.4) is 0 Å². The highest BCUT2D eigenvalue weighted by atomic mass is 35.5. The van der Waals surface area contributed by atoms with Crippen LogP contribution >= 0.6 is 34.8 Å². The molecule has 1 N–H and O–H groups in total. The van der Waals surface area contributed by atoms with Gasteiger partial charge in [-0.05, 0) is 85.8 Å². The van der Waals surface area contributed by atoms with Gasteiger partial charge < -0.3 is 9.84 Å². The van der Waals surface area contributed by atoms with Gasteiger partial charge in [0.15, 0.2) is 11.5 Å². The number of benzene rings is 3. The maximum Gasteiger partial charge on any atom is 0.241 e. The van der Waals surface area contributed by atoms with Gasteiger partial charge in [-0.2, -0.15) is 0 Å². The fourth-order valence-corrected chi connectivity index (χ4v) is 8.55. The maximum atomic E-state index is 14.5. The second-order valence-corrected chi connectivity index (χ2v) is 13.6. The molecule has 6 unspecified atom stereocenters. The standard InChI is InChI=1S/C34H26Cl3FN2O6/c1-34-22(31(43)40(33(34)45)18-7-10-25(38)23(36)13-18)14-21-19(28(34)15-11-24(37)29(41)26(12-15)46-2)8-9-20-27(21)32(44)39(30(20)42)17-5-3-16(35)4-6-17/h3-8,10-13,20-22,27-28,41H,9,14H2,1-2H3. The Hall–Kier alpha value is -3.92. The van der Waals surface area contributed by atoms with E-state index in [1.54, 1.807) is 37.3 Å². The lowest BCUT2D eigenvalue weighted by Gasteiger charge is -2.49. The Labute approximate surface area is 278 Å². The number of imide groups is 2. The normalized spacial score (nSPS) is 28.7. The SMILES string of the molecule is COc1cc(C2C3=CCC4C(=O)N(c5ccc(Cl)cc5)C(=O)C4C3CC3C(=O)N(c4ccc(F)c(Cl)c4)C(=O)C32C)cc(Cl)c1O. The zero-order chi connectivity index (χ0) is 32.8. The van der Waals surface area contributed by atoms with Gasteiger partial charge in [0.25, 0.3) is 0 Å². The summed E-state index contributed by atoms with van der Waals surface area (Å²) in [5, 5.41) is 10.7. The van der Waals surface area contributed by atoms with E-state index in [-0.39, 0.29) is 46.0 Å². The van der Waals surface area contributed by atoms with Gasteiger partial charge in [0, 0.05) is 10.9 Å². The van der Waals surface area contributed by atoms with Crippen LogP contribution in [0.25, 0.3) is 0 Å². The van der Waals surface area contributed by atoms with Gasteiger partial charge in [0.2, 0.25) is 23.6 Å². The number of phenolic OH excluding ortho intramolecular Hbond substituents is 1. The van der Waals surface area contributed by atoms with Crippen LogP contribution in [-0.4, -0.2) is 35.8 Å². The summed E-state index contributed by atoms with van der Waals surface area (Å²) >= 11 is 18.6. The van der Waals surface area contributed by atoms with Crippen LogP contribution in [0.5, 0.6) is 11.5 Å². The van der Waals surface area contributed by atoms with Crippen molar-refractivity contribution in [1.29, 1.82) is 0 Å². The first-order chi connectivity index (χ1) is 21.9. The molecule has 2 aliphatic carbocycles. The molecule has 6 atom stereocenters. The summed E-state index contributed by atoms with van der Waals surface area (Å²) in [6.45, 7) is 1.70. The minimum Gasteiger partial charge on any atom is -0.503 e. The molecule has 8 nitrogen and oxygen atoms in total. The van der Waals surface area contributed by atoms with Gasteiger partial charge in [0.1, 0.15) is 5.82 Å². The van der Waals surface area contributed by atoms with Crippen molar-refractivity contribution in [3.8, 4) is 11.5 Å². The molecule has 2 saturated heterocycles. The summed E-state index contributed by atoms with van der Waals surface area (Å²) < 4.78 is 19.5. The van der Waals surface area contributed by atoms with Gasteiger partial charge in [0.05, 0.1) is 51.7 Å². The van der Waals surface area contributed by atoms with Crippen molar-refractivity contribution in [2.75, 3.05) is 16.9 Å². The number of aromatic hydroxyl groups is 1. The Balaban J connectivity index is 1.39. The van der Waals surface area contributed by atoms with Gasteiger partial charge in [-0.15, -0.1) is 0 Å². The number of methoxy groups -OCH3 is 1. The molecule has 3 aromatic rings. The summed E-state index contributed by atoms with van der Waals surface area (Å²) in [5.41, 5.74) is 0.345. The van der Waals surface area contributed by atoms with Crippen LogP contribution in [0.4, 0.5) is 15.8 Å². The third-order valence-electron chi connectivity index (χ3n) is 10.1. The van der Waals surface area contributed by atoms with E-state index in [2.05, 4.69) is 0 Å². The number of rotatable bonds is 4. The lowest BCUT2D eigenvalue weighted by atomic mass is 9.51. The van der Waals surface area contributed by atoms with Gasteiger partial charge in [-0.1, -0.05) is 46.5 Å². The Bertz CT molecular complexity index is 1900. The molecule has 12 heteroatoms. The molecular weight excluding hydrogens is 658 g/mol. The van der Waals surface area contributed by atoms with E-state index in [9.17, 15) is 28.7 Å². The first kappa shape index (κ1) is 30.7. The number of anilines is 2. The number of allylic oxidation sites excluding steroid dienone is 2. The van der Waals surface area contributed by atoms with Crippen molar-refractivity contribution < 1.29 is 33.4 Å². The van der Waals surface area contributed by atoms with Crippen molar-refractivity contribution in [1.82, 2.24) is 0 Å². The van der Waals surface area contributed by atoms with Crippen molar-refractivity contribution in [2.24, 2.45) is 29.1 Å². The van der Waals surface area contributed by atoms with Crippen molar-refractivity contribution >= 4 is 69.8 Å². The molecule has 46 heavy (non-hydrogen) atoms. The molecule has 1 saturated carbocycles. The summed E-state index contributed by atoms with van der Waals surface area (Å²) in [6.07, 6.45) is 2.26. The van der Waals surface area contributed by atoms with Crippen molar-refractivity contribution in [3.63, 3.8) is 0 Å². The molecule has 0 bridgehead atoms. The third-order valence-corrected chi connectivity index (χ3v) is 11.0. The van der Waals surface area contributed by atoms with Gasteiger partial charge in [-0.3, -0.25) is 24.1 Å². The highest BCUT2D eigenvalue weighted by Gasteiger charge is 2.67. The predicted octanol–water partition coefficient (Wildman–Crippen LogP) is 6.94. The van der Waals surface area contributed by atoms with E-state index in [4.69, 9.17) is 39.5 Å². The highest BCUT2D eigenvalue weighted by molar-refractivity contribution is 6.33. The van der Waals surface area contributed by atoms with E-state index in [0.29, 0.717) is 16.3 Å². The molecule has 236 valence electrons. The maximum absolute atomic E-state index is 14.5. The van der Waals surface area contributed by atoms with Crippen molar-refractivity contribution in [3.05, 3.63) is 92.7 Å². The summed E-state index contributed by atoms with van der Waals surface area (Å²) in [6, 6.07) is 13.2. The van der Waals surface area contributed by atoms with Gasteiger partial charge >= 0.3 is 0 Å². The fraction of sp³-hybridized carbons (Fsp3) is 0.294. The first-order valence-electron chi connectivity index (χ1n) is 14.6. The summed E-state index contributed by atoms with van der Waals surface area (Å²) in [7, 11) is 1.37. The minimum atomic E-state index is -1.39. The fourth-order valence-electron chi connectivity index (χ4n) is 8.03. The topological polar surface area (TPSA) is 104 Å². The average Bonchev–Trinajstić information content (AvgIpc) is 3.40. The Morgan fingerprint density at radius 3 is 2.24 bits per heavy atom. The van der Waals surface area contributed by atoms with Crippen LogP contribution < -0.4 is 14.5 Å². The molecule has 0 aromatic heterocycles. The largest absolute Gasteiger partial charge is 0.503 e. The van der Waals surface area contributed by atoms with Crippen LogP contribution in [0, 0.1) is 34.9 Å². The Kier molecular flexibility index (Phi) is 7.23. The average molecular weight is 684 g/mol.